The summed E-state index contributed by atoms with van der Waals surface area (Å²) in [4.78, 5) is 11.3. The molecular formula is C29H48O3. The third-order valence-electron chi connectivity index (χ3n) is 7.13. The van der Waals surface area contributed by atoms with Gasteiger partial charge in [0.25, 0.3) is 0 Å². The van der Waals surface area contributed by atoms with E-state index in [-0.39, 0.29) is 11.6 Å². The molecule has 0 N–H and O–H groups in total. The molecule has 1 aromatic rings. The summed E-state index contributed by atoms with van der Waals surface area (Å²) >= 11 is 0. The van der Waals surface area contributed by atoms with E-state index in [1.807, 2.05) is 19.1 Å². The highest BCUT2D eigenvalue weighted by molar-refractivity contribution is 5.69. The SMILES string of the molecule is CC(=O)Oc1cc(C)c2c(c1)CCC(C)(CCCC(C)CCCC(C)CCCC(C)C)O2. The summed E-state index contributed by atoms with van der Waals surface area (Å²) in [5, 5.41) is 0. The summed E-state index contributed by atoms with van der Waals surface area (Å²) in [6, 6.07) is 3.88. The molecule has 2 rings (SSSR count). The largest absolute Gasteiger partial charge is 0.487 e. The highest BCUT2D eigenvalue weighted by Gasteiger charge is 2.32. The molecule has 0 bridgehead atoms. The molecule has 0 radical (unpaired) electrons. The van der Waals surface area contributed by atoms with Crippen LogP contribution >= 0.6 is 0 Å². The molecule has 3 atom stereocenters. The van der Waals surface area contributed by atoms with Gasteiger partial charge in [0.05, 0.1) is 0 Å². The molecule has 3 heteroatoms. The Balaban J connectivity index is 1.71. The van der Waals surface area contributed by atoms with Crippen LogP contribution in [-0.2, 0) is 11.2 Å². The van der Waals surface area contributed by atoms with Gasteiger partial charge in [0.2, 0.25) is 0 Å². The molecule has 1 aliphatic rings. The van der Waals surface area contributed by atoms with E-state index in [2.05, 4.69) is 34.6 Å². The molecule has 0 saturated carbocycles. The summed E-state index contributed by atoms with van der Waals surface area (Å²) in [5.41, 5.74) is 2.13. The standard InChI is InChI=1S/C29H48O3/c1-21(2)11-8-12-22(3)13-9-14-23(4)15-10-17-29(7)18-16-26-20-27(31-25(6)30)19-24(5)28(26)32-29/h19-23H,8-18H2,1-7H3. The quantitative estimate of drug-likeness (QED) is 0.226. The first-order valence-electron chi connectivity index (χ1n) is 13.1. The van der Waals surface area contributed by atoms with Gasteiger partial charge < -0.3 is 9.47 Å². The second-order valence-corrected chi connectivity index (χ2v) is 11.2. The van der Waals surface area contributed by atoms with Crippen molar-refractivity contribution in [1.82, 2.24) is 0 Å². The van der Waals surface area contributed by atoms with Crippen molar-refractivity contribution >= 4 is 5.97 Å². The van der Waals surface area contributed by atoms with Gasteiger partial charge in [-0.05, 0) is 80.5 Å². The Hall–Kier alpha value is -1.51. The highest BCUT2D eigenvalue weighted by atomic mass is 16.5. The maximum Gasteiger partial charge on any atom is 0.308 e. The van der Waals surface area contributed by atoms with Gasteiger partial charge in [0.15, 0.2) is 0 Å². The molecule has 3 unspecified atom stereocenters. The fourth-order valence-corrected chi connectivity index (χ4v) is 5.04. The van der Waals surface area contributed by atoms with Crippen molar-refractivity contribution in [3.63, 3.8) is 0 Å². The Morgan fingerprint density at radius 3 is 2.19 bits per heavy atom. The molecule has 0 aromatic heterocycles. The Kier molecular flexibility index (Phi) is 10.6. The zero-order chi connectivity index (χ0) is 23.7. The van der Waals surface area contributed by atoms with Gasteiger partial charge >= 0.3 is 5.97 Å². The first-order chi connectivity index (χ1) is 15.1. The number of fused-ring (bicyclic) bond motifs is 1. The normalized spacial score (nSPS) is 19.9. The van der Waals surface area contributed by atoms with E-state index < -0.39 is 0 Å². The minimum atomic E-state index is -0.277. The van der Waals surface area contributed by atoms with Crippen LogP contribution in [0.15, 0.2) is 12.1 Å². The lowest BCUT2D eigenvalue weighted by Gasteiger charge is -2.37. The predicted molar refractivity (Wildman–Crippen MR) is 135 cm³/mol. The topological polar surface area (TPSA) is 35.5 Å². The third kappa shape index (κ3) is 9.16. The lowest BCUT2D eigenvalue weighted by atomic mass is 9.85. The summed E-state index contributed by atoms with van der Waals surface area (Å²) in [5.74, 6) is 3.86. The minimum Gasteiger partial charge on any atom is -0.487 e. The van der Waals surface area contributed by atoms with Gasteiger partial charge in [-0.3, -0.25) is 4.79 Å². The van der Waals surface area contributed by atoms with Gasteiger partial charge in [-0.2, -0.15) is 0 Å². The molecule has 1 aliphatic heterocycles. The number of aryl methyl sites for hydroxylation is 2. The van der Waals surface area contributed by atoms with E-state index in [0.717, 1.165) is 53.9 Å². The zero-order valence-electron chi connectivity index (χ0n) is 21.9. The fourth-order valence-electron chi connectivity index (χ4n) is 5.04. The van der Waals surface area contributed by atoms with Crippen molar-refractivity contribution < 1.29 is 14.3 Å². The van der Waals surface area contributed by atoms with Gasteiger partial charge in [0.1, 0.15) is 17.1 Å². The van der Waals surface area contributed by atoms with E-state index >= 15 is 0 Å². The Bertz CT molecular complexity index is 723. The molecule has 3 nitrogen and oxygen atoms in total. The van der Waals surface area contributed by atoms with Crippen LogP contribution in [0.2, 0.25) is 0 Å². The summed E-state index contributed by atoms with van der Waals surface area (Å²) in [6.45, 7) is 15.3. The average Bonchev–Trinajstić information content (AvgIpc) is 2.68. The molecule has 0 spiro atoms. The number of hydrogen-bond donors (Lipinski definition) is 0. The van der Waals surface area contributed by atoms with E-state index in [4.69, 9.17) is 9.47 Å². The molecule has 0 aliphatic carbocycles. The van der Waals surface area contributed by atoms with Gasteiger partial charge in [-0.1, -0.05) is 72.6 Å². The third-order valence-corrected chi connectivity index (χ3v) is 7.13. The van der Waals surface area contributed by atoms with Crippen LogP contribution in [0, 0.1) is 24.7 Å². The van der Waals surface area contributed by atoms with E-state index in [1.54, 1.807) is 0 Å². The lowest BCUT2D eigenvalue weighted by molar-refractivity contribution is -0.131. The number of carbonyl (C=O) groups is 1. The van der Waals surface area contributed by atoms with E-state index in [9.17, 15) is 4.79 Å². The Morgan fingerprint density at radius 1 is 1.00 bits per heavy atom. The molecule has 0 saturated heterocycles. The monoisotopic (exact) mass is 444 g/mol. The second-order valence-electron chi connectivity index (χ2n) is 11.2. The van der Waals surface area contributed by atoms with Crippen molar-refractivity contribution in [1.29, 1.82) is 0 Å². The molecule has 1 heterocycles. The molecule has 1 aromatic carbocycles. The second kappa shape index (κ2) is 12.7. The minimum absolute atomic E-state index is 0.0919. The maximum absolute atomic E-state index is 11.3. The average molecular weight is 445 g/mol. The lowest BCUT2D eigenvalue weighted by Crippen LogP contribution is -2.36. The van der Waals surface area contributed by atoms with Crippen molar-refractivity contribution in [3.05, 3.63) is 23.3 Å². The first-order valence-corrected chi connectivity index (χ1v) is 13.1. The number of rotatable bonds is 13. The van der Waals surface area contributed by atoms with Crippen LogP contribution in [0.25, 0.3) is 0 Å². The number of ether oxygens (including phenoxy) is 2. The molecule has 32 heavy (non-hydrogen) atoms. The van der Waals surface area contributed by atoms with Crippen molar-refractivity contribution in [2.75, 3.05) is 0 Å². The summed E-state index contributed by atoms with van der Waals surface area (Å²) < 4.78 is 11.8. The molecular weight excluding hydrogens is 396 g/mol. The summed E-state index contributed by atoms with van der Waals surface area (Å²) in [6.07, 6.45) is 13.9. The van der Waals surface area contributed by atoms with Gasteiger partial charge in [0, 0.05) is 6.92 Å². The number of benzene rings is 1. The van der Waals surface area contributed by atoms with Gasteiger partial charge in [-0.25, -0.2) is 0 Å². The fraction of sp³-hybridized carbons (Fsp3) is 0.759. The number of hydrogen-bond acceptors (Lipinski definition) is 3. The highest BCUT2D eigenvalue weighted by Crippen LogP contribution is 2.40. The van der Waals surface area contributed by atoms with Crippen LogP contribution in [0.1, 0.15) is 117 Å². The Labute approximate surface area is 197 Å². The molecule has 182 valence electrons. The van der Waals surface area contributed by atoms with Crippen LogP contribution in [0.3, 0.4) is 0 Å². The zero-order valence-corrected chi connectivity index (χ0v) is 21.9. The summed E-state index contributed by atoms with van der Waals surface area (Å²) in [7, 11) is 0. The van der Waals surface area contributed by atoms with Crippen molar-refractivity contribution in [2.45, 2.75) is 125 Å². The molecule has 0 fully saturated rings. The predicted octanol–water partition coefficient (Wildman–Crippen LogP) is 8.44. The van der Waals surface area contributed by atoms with Crippen LogP contribution in [0.5, 0.6) is 11.5 Å². The van der Waals surface area contributed by atoms with E-state index in [0.29, 0.717) is 5.75 Å². The van der Waals surface area contributed by atoms with Crippen molar-refractivity contribution in [2.24, 2.45) is 17.8 Å². The van der Waals surface area contributed by atoms with Crippen molar-refractivity contribution in [3.8, 4) is 11.5 Å². The van der Waals surface area contributed by atoms with Crippen LogP contribution < -0.4 is 9.47 Å². The molecule has 0 amide bonds. The van der Waals surface area contributed by atoms with E-state index in [1.165, 1.54) is 58.3 Å². The smallest absolute Gasteiger partial charge is 0.308 e. The Morgan fingerprint density at radius 2 is 1.59 bits per heavy atom. The number of carbonyl (C=O) groups excluding carboxylic acids is 1. The van der Waals surface area contributed by atoms with Gasteiger partial charge in [-0.15, -0.1) is 0 Å². The number of esters is 1. The first kappa shape index (κ1) is 26.7. The van der Waals surface area contributed by atoms with Crippen LogP contribution in [0.4, 0.5) is 0 Å². The maximum atomic E-state index is 11.3. The van der Waals surface area contributed by atoms with Crippen LogP contribution in [-0.4, -0.2) is 11.6 Å².